The van der Waals surface area contributed by atoms with Crippen LogP contribution in [0.5, 0.6) is 0 Å². The molecule has 4 aromatic rings. The van der Waals surface area contributed by atoms with Crippen molar-refractivity contribution in [3.63, 3.8) is 0 Å². The highest BCUT2D eigenvalue weighted by Gasteiger charge is 2.49. The minimum absolute atomic E-state index is 0.185. The topological polar surface area (TPSA) is 110 Å². The molecule has 4 aromatic carbocycles. The first-order chi connectivity index (χ1) is 23.9. The van der Waals surface area contributed by atoms with E-state index in [0.717, 1.165) is 44.1 Å². The van der Waals surface area contributed by atoms with Crippen molar-refractivity contribution in [2.45, 2.75) is 81.7 Å². The minimum Gasteiger partial charge on any atom is -0.396 e. The lowest BCUT2D eigenvalue weighted by atomic mass is 9.66. The average Bonchev–Trinajstić information content (AvgIpc) is 3.16. The van der Waals surface area contributed by atoms with Gasteiger partial charge in [-0.2, -0.15) is 14.3 Å². The molecule has 0 fully saturated rings. The van der Waals surface area contributed by atoms with Crippen LogP contribution in [0.4, 0.5) is 0 Å². The zero-order valence-corrected chi connectivity index (χ0v) is 29.7. The van der Waals surface area contributed by atoms with E-state index in [1.807, 2.05) is 30.3 Å². The molecular formula is C42H56O6P+. The molecule has 0 saturated heterocycles. The molecular weight excluding hydrogens is 631 g/mol. The molecule has 49 heavy (non-hydrogen) atoms. The Hall–Kier alpha value is -2.93. The van der Waals surface area contributed by atoms with E-state index in [9.17, 15) is 25.1 Å². The van der Waals surface area contributed by atoms with Crippen molar-refractivity contribution in [1.29, 1.82) is 0 Å². The lowest BCUT2D eigenvalue weighted by Gasteiger charge is -2.36. The molecule has 7 heteroatoms. The predicted molar refractivity (Wildman–Crippen MR) is 200 cm³/mol. The van der Waals surface area contributed by atoms with E-state index >= 15 is 0 Å². The van der Waals surface area contributed by atoms with Gasteiger partial charge in [-0.1, -0.05) is 173 Å². The third-order valence-corrected chi connectivity index (χ3v) is 11.9. The van der Waals surface area contributed by atoms with Crippen LogP contribution in [-0.4, -0.2) is 51.5 Å². The number of aliphatic hydroxyl groups is 3. The van der Waals surface area contributed by atoms with Crippen LogP contribution in [0.2, 0.25) is 0 Å². The maximum atomic E-state index is 11.1. The molecule has 1 atom stereocenters. The van der Waals surface area contributed by atoms with Crippen molar-refractivity contribution < 1.29 is 29.6 Å². The molecule has 0 amide bonds. The summed E-state index contributed by atoms with van der Waals surface area (Å²) in [7, 11) is -3.89. The summed E-state index contributed by atoms with van der Waals surface area (Å²) in [5.41, 5.74) is 2.69. The number of benzene rings is 4. The van der Waals surface area contributed by atoms with Crippen molar-refractivity contribution in [2.75, 3.05) is 26.4 Å². The van der Waals surface area contributed by atoms with Crippen molar-refractivity contribution in [2.24, 2.45) is 5.41 Å². The van der Waals surface area contributed by atoms with Crippen LogP contribution in [-0.2, 0) is 9.94 Å². The first-order valence-electron chi connectivity index (χ1n) is 17.9. The molecule has 0 heterocycles. The fraction of sp³-hybridized carbons (Fsp3) is 0.429. The molecule has 5 N–H and O–H groups in total. The zero-order chi connectivity index (χ0) is 34.8. The van der Waals surface area contributed by atoms with Gasteiger partial charge in [0.1, 0.15) is 6.61 Å². The molecule has 0 aromatic heterocycles. The van der Waals surface area contributed by atoms with Crippen molar-refractivity contribution in [3.05, 3.63) is 144 Å². The van der Waals surface area contributed by atoms with Gasteiger partial charge in [0.25, 0.3) is 0 Å². The number of hydrogen-bond donors (Lipinski definition) is 5. The Morgan fingerprint density at radius 3 is 1.27 bits per heavy atom. The highest BCUT2D eigenvalue weighted by atomic mass is 31.2. The molecule has 0 bridgehead atoms. The summed E-state index contributed by atoms with van der Waals surface area (Å²) in [6.07, 6.45) is 11.6. The second-order valence-electron chi connectivity index (χ2n) is 13.5. The molecule has 0 spiro atoms. The maximum Gasteiger partial charge on any atom is 0.414 e. The zero-order valence-electron chi connectivity index (χ0n) is 28.8. The van der Waals surface area contributed by atoms with Gasteiger partial charge in [-0.05, 0) is 36.0 Å². The largest absolute Gasteiger partial charge is 0.414 e. The Morgan fingerprint density at radius 2 is 0.857 bits per heavy atom. The van der Waals surface area contributed by atoms with E-state index in [1.165, 1.54) is 42.4 Å². The third-order valence-electron chi connectivity index (χ3n) is 9.99. The van der Waals surface area contributed by atoms with Crippen molar-refractivity contribution in [1.82, 2.24) is 0 Å². The highest BCUT2D eigenvalue weighted by Crippen LogP contribution is 2.66. The smallest absolute Gasteiger partial charge is 0.396 e. The minimum atomic E-state index is -3.89. The Morgan fingerprint density at radius 1 is 0.490 bits per heavy atom. The summed E-state index contributed by atoms with van der Waals surface area (Å²) in [6, 6.07) is 42.2. The van der Waals surface area contributed by atoms with Gasteiger partial charge in [0, 0.05) is 11.0 Å². The van der Waals surface area contributed by atoms with E-state index in [4.69, 9.17) is 4.52 Å². The van der Waals surface area contributed by atoms with Gasteiger partial charge in [-0.25, -0.2) is 0 Å². The Labute approximate surface area is 294 Å². The standard InChI is InChI=1S/C42H56O6P/c43-32-41(33-44,34-45)35-48-49(46,47)40(36-22-12-8-13-23-36)30-20-6-4-2-1-3-5-7-21-31-42(37-24-14-9-15-25-37,38-26-16-10-17-27-38)39-28-18-11-19-29-39/h8-19,22-29,40,43-47H,1-7,20-21,30-35H2/q+1. The van der Waals surface area contributed by atoms with E-state index in [0.29, 0.717) is 6.42 Å². The molecule has 1 unspecified atom stereocenters. The number of unbranched alkanes of at least 4 members (excludes halogenated alkanes) is 8. The summed E-state index contributed by atoms with van der Waals surface area (Å²) < 4.78 is 5.56. The molecule has 0 aliphatic carbocycles. The molecule has 0 saturated carbocycles. The van der Waals surface area contributed by atoms with Gasteiger partial charge in [0.15, 0.2) is 5.66 Å². The van der Waals surface area contributed by atoms with E-state index in [2.05, 4.69) is 91.0 Å². The van der Waals surface area contributed by atoms with Crippen LogP contribution in [0.15, 0.2) is 121 Å². The first-order valence-corrected chi connectivity index (χ1v) is 19.6. The Kier molecular flexibility index (Phi) is 15.9. The van der Waals surface area contributed by atoms with Gasteiger partial charge >= 0.3 is 7.94 Å². The van der Waals surface area contributed by atoms with E-state index in [-0.39, 0.29) is 12.0 Å². The summed E-state index contributed by atoms with van der Waals surface area (Å²) in [5, 5.41) is 28.9. The summed E-state index contributed by atoms with van der Waals surface area (Å²) in [4.78, 5) is 22.1. The summed E-state index contributed by atoms with van der Waals surface area (Å²) in [6.45, 7) is -1.91. The van der Waals surface area contributed by atoms with Crippen molar-refractivity contribution >= 4 is 7.94 Å². The fourth-order valence-electron chi connectivity index (χ4n) is 6.88. The van der Waals surface area contributed by atoms with Gasteiger partial charge in [0.05, 0.1) is 25.2 Å². The summed E-state index contributed by atoms with van der Waals surface area (Å²) >= 11 is 0. The monoisotopic (exact) mass is 687 g/mol. The molecule has 264 valence electrons. The van der Waals surface area contributed by atoms with Crippen LogP contribution in [0, 0.1) is 5.41 Å². The lowest BCUT2D eigenvalue weighted by molar-refractivity contribution is -0.0309. The highest BCUT2D eigenvalue weighted by molar-refractivity contribution is 7.60. The van der Waals surface area contributed by atoms with Crippen LogP contribution < -0.4 is 0 Å². The lowest BCUT2D eigenvalue weighted by Crippen LogP contribution is -2.38. The van der Waals surface area contributed by atoms with Gasteiger partial charge < -0.3 is 15.3 Å². The van der Waals surface area contributed by atoms with Crippen LogP contribution >= 0.6 is 7.94 Å². The number of rotatable bonds is 23. The van der Waals surface area contributed by atoms with E-state index < -0.39 is 38.8 Å². The van der Waals surface area contributed by atoms with Crippen molar-refractivity contribution in [3.8, 4) is 0 Å². The second-order valence-corrected chi connectivity index (χ2v) is 15.5. The second kappa shape index (κ2) is 20.1. The molecule has 0 aliphatic rings. The molecule has 0 radical (unpaired) electrons. The van der Waals surface area contributed by atoms with Crippen LogP contribution in [0.3, 0.4) is 0 Å². The SMILES string of the molecule is OCC(CO)(CO)CO[P+](O)(O)C(CCCCCCCCCCCC(c1ccccc1)(c1ccccc1)c1ccccc1)c1ccccc1. The Bertz CT molecular complexity index is 1330. The van der Waals surface area contributed by atoms with E-state index in [1.54, 1.807) is 0 Å². The quantitative estimate of drug-likeness (QED) is 0.0303. The fourth-order valence-corrected chi connectivity index (χ4v) is 8.60. The predicted octanol–water partition coefficient (Wildman–Crippen LogP) is 8.78. The van der Waals surface area contributed by atoms with Gasteiger partial charge in [-0.3, -0.25) is 0 Å². The van der Waals surface area contributed by atoms with Crippen LogP contribution in [0.1, 0.15) is 98.5 Å². The normalized spacial score (nSPS) is 13.0. The molecule has 6 nitrogen and oxygen atoms in total. The maximum absolute atomic E-state index is 11.1. The Balaban J connectivity index is 1.23. The average molecular weight is 688 g/mol. The number of hydrogen-bond acceptors (Lipinski definition) is 6. The van der Waals surface area contributed by atoms with Gasteiger partial charge in [0.2, 0.25) is 0 Å². The van der Waals surface area contributed by atoms with Crippen LogP contribution in [0.25, 0.3) is 0 Å². The summed E-state index contributed by atoms with van der Waals surface area (Å²) in [5.74, 6) is 0. The number of aliphatic hydroxyl groups excluding tert-OH is 3. The third kappa shape index (κ3) is 10.8. The van der Waals surface area contributed by atoms with Gasteiger partial charge in [-0.15, -0.1) is 0 Å². The first kappa shape index (κ1) is 38.9. The molecule has 0 aliphatic heterocycles. The molecule has 4 rings (SSSR count).